The lowest BCUT2D eigenvalue weighted by atomic mass is 9.99. The first-order valence-corrected chi connectivity index (χ1v) is 11.2. The fourth-order valence-electron chi connectivity index (χ4n) is 3.40. The third kappa shape index (κ3) is 5.28. The minimum Gasteiger partial charge on any atom is -0.489 e. The second-order valence-electron chi connectivity index (χ2n) is 7.30. The summed E-state index contributed by atoms with van der Waals surface area (Å²) in [5.41, 5.74) is 7.02. The van der Waals surface area contributed by atoms with E-state index in [4.69, 9.17) is 9.47 Å². The zero-order valence-corrected chi connectivity index (χ0v) is 19.0. The van der Waals surface area contributed by atoms with Crippen LogP contribution in [-0.2, 0) is 29.0 Å². The number of aromatic nitrogens is 1. The van der Waals surface area contributed by atoms with Gasteiger partial charge in [-0.05, 0) is 79.0 Å². The number of nitrogens with zero attached hydrogens (tertiary/aromatic N) is 1. The molecule has 0 N–H and O–H groups in total. The summed E-state index contributed by atoms with van der Waals surface area (Å²) >= 11 is 1.50. The van der Waals surface area contributed by atoms with E-state index in [1.807, 2.05) is 25.3 Å². The van der Waals surface area contributed by atoms with Crippen LogP contribution in [-0.4, -0.2) is 16.9 Å². The maximum atomic E-state index is 11.6. The molecule has 0 spiro atoms. The van der Waals surface area contributed by atoms with Crippen LogP contribution in [0.5, 0.6) is 5.75 Å². The van der Waals surface area contributed by atoms with E-state index >= 15 is 0 Å². The Bertz CT molecular complexity index is 992. The predicted molar refractivity (Wildman–Crippen MR) is 122 cm³/mol. The highest BCUT2D eigenvalue weighted by Gasteiger charge is 2.13. The minimum absolute atomic E-state index is 0.153. The standard InChI is InChI=1S/C25H29NO3S/c1-5-19-7-9-21(10-8-19)25-22(15-26-30-25)16-29-23-13-11-20(17(3)18(23)4)12-14-24(27)28-6-2/h7-11,13,15H,5-6,12,14,16H2,1-4H3. The third-order valence-corrected chi connectivity index (χ3v) is 6.30. The lowest BCUT2D eigenvalue weighted by Crippen LogP contribution is -2.06. The van der Waals surface area contributed by atoms with Crippen molar-refractivity contribution in [2.24, 2.45) is 0 Å². The van der Waals surface area contributed by atoms with E-state index in [9.17, 15) is 4.79 Å². The number of hydrogen-bond acceptors (Lipinski definition) is 5. The highest BCUT2D eigenvalue weighted by atomic mass is 32.1. The predicted octanol–water partition coefficient (Wildman–Crippen LogP) is 6.06. The highest BCUT2D eigenvalue weighted by molar-refractivity contribution is 7.09. The molecule has 0 bridgehead atoms. The number of hydrogen-bond donors (Lipinski definition) is 0. The molecule has 3 aromatic rings. The van der Waals surface area contributed by atoms with Crippen LogP contribution >= 0.6 is 11.5 Å². The first-order chi connectivity index (χ1) is 14.5. The van der Waals surface area contributed by atoms with Crippen molar-refractivity contribution in [3.63, 3.8) is 0 Å². The van der Waals surface area contributed by atoms with E-state index in [-0.39, 0.29) is 5.97 Å². The number of carbonyl (C=O) groups is 1. The van der Waals surface area contributed by atoms with Gasteiger partial charge in [-0.2, -0.15) is 0 Å². The molecule has 0 saturated heterocycles. The second kappa shape index (κ2) is 10.4. The van der Waals surface area contributed by atoms with Crippen LogP contribution in [0.25, 0.3) is 10.4 Å². The lowest BCUT2D eigenvalue weighted by Gasteiger charge is -2.14. The van der Waals surface area contributed by atoms with E-state index in [0.717, 1.165) is 39.3 Å². The largest absolute Gasteiger partial charge is 0.489 e. The maximum Gasteiger partial charge on any atom is 0.306 e. The van der Waals surface area contributed by atoms with Crippen molar-refractivity contribution >= 4 is 17.5 Å². The van der Waals surface area contributed by atoms with Crippen LogP contribution in [0.15, 0.2) is 42.6 Å². The molecule has 1 aromatic heterocycles. The Morgan fingerprint density at radius 2 is 1.77 bits per heavy atom. The van der Waals surface area contributed by atoms with Gasteiger partial charge in [0.2, 0.25) is 0 Å². The normalized spacial score (nSPS) is 10.8. The van der Waals surface area contributed by atoms with Crippen molar-refractivity contribution in [2.75, 3.05) is 6.61 Å². The van der Waals surface area contributed by atoms with Gasteiger partial charge in [0.1, 0.15) is 12.4 Å². The first-order valence-electron chi connectivity index (χ1n) is 10.4. The summed E-state index contributed by atoms with van der Waals surface area (Å²) in [6.07, 6.45) is 4.00. The van der Waals surface area contributed by atoms with Crippen LogP contribution in [0.4, 0.5) is 0 Å². The van der Waals surface area contributed by atoms with E-state index in [2.05, 4.69) is 49.4 Å². The molecule has 1 heterocycles. The van der Waals surface area contributed by atoms with Crippen molar-refractivity contribution in [1.82, 2.24) is 4.37 Å². The number of ether oxygens (including phenoxy) is 2. The summed E-state index contributed by atoms with van der Waals surface area (Å²) in [6, 6.07) is 12.7. The average molecular weight is 424 g/mol. The van der Waals surface area contributed by atoms with Gasteiger partial charge in [-0.3, -0.25) is 4.79 Å². The fourth-order valence-corrected chi connectivity index (χ4v) is 4.15. The quantitative estimate of drug-likeness (QED) is 0.392. The van der Waals surface area contributed by atoms with E-state index < -0.39 is 0 Å². The van der Waals surface area contributed by atoms with Crippen molar-refractivity contribution in [2.45, 2.75) is 53.6 Å². The van der Waals surface area contributed by atoms with Crippen LogP contribution in [0, 0.1) is 13.8 Å². The number of carbonyl (C=O) groups excluding carboxylic acids is 1. The number of aryl methyl sites for hydroxylation is 2. The van der Waals surface area contributed by atoms with Crippen LogP contribution in [0.1, 0.15) is 48.1 Å². The van der Waals surface area contributed by atoms with Gasteiger partial charge in [0.25, 0.3) is 0 Å². The Labute approximate surface area is 183 Å². The molecule has 2 aromatic carbocycles. The van der Waals surface area contributed by atoms with Gasteiger partial charge < -0.3 is 9.47 Å². The summed E-state index contributed by atoms with van der Waals surface area (Å²) < 4.78 is 15.6. The van der Waals surface area contributed by atoms with Crippen molar-refractivity contribution < 1.29 is 14.3 Å². The minimum atomic E-state index is -0.153. The fraction of sp³-hybridized carbons (Fsp3) is 0.360. The molecule has 0 atom stereocenters. The number of benzene rings is 2. The topological polar surface area (TPSA) is 48.4 Å². The van der Waals surface area contributed by atoms with Gasteiger partial charge in [-0.1, -0.05) is 37.3 Å². The first kappa shape index (κ1) is 22.0. The zero-order valence-electron chi connectivity index (χ0n) is 18.2. The van der Waals surface area contributed by atoms with Crippen molar-refractivity contribution in [1.29, 1.82) is 0 Å². The van der Waals surface area contributed by atoms with Gasteiger partial charge in [-0.15, -0.1) is 0 Å². The molecule has 158 valence electrons. The Balaban J connectivity index is 1.68. The molecular weight excluding hydrogens is 394 g/mol. The van der Waals surface area contributed by atoms with E-state index in [0.29, 0.717) is 26.1 Å². The second-order valence-corrected chi connectivity index (χ2v) is 8.10. The van der Waals surface area contributed by atoms with Crippen molar-refractivity contribution in [3.8, 4) is 16.2 Å². The molecule has 0 aliphatic rings. The summed E-state index contributed by atoms with van der Waals surface area (Å²) in [4.78, 5) is 12.8. The molecule has 0 amide bonds. The molecule has 3 rings (SSSR count). The molecule has 30 heavy (non-hydrogen) atoms. The molecule has 0 aliphatic heterocycles. The van der Waals surface area contributed by atoms with Crippen LogP contribution in [0.3, 0.4) is 0 Å². The van der Waals surface area contributed by atoms with Crippen LogP contribution < -0.4 is 4.74 Å². The molecule has 4 nitrogen and oxygen atoms in total. The SMILES string of the molecule is CCOC(=O)CCc1ccc(OCc2cnsc2-c2ccc(CC)cc2)c(C)c1C. The van der Waals surface area contributed by atoms with Crippen LogP contribution in [0.2, 0.25) is 0 Å². The monoisotopic (exact) mass is 423 g/mol. The third-order valence-electron chi connectivity index (χ3n) is 5.41. The smallest absolute Gasteiger partial charge is 0.306 e. The van der Waals surface area contributed by atoms with E-state index in [1.165, 1.54) is 22.7 Å². The summed E-state index contributed by atoms with van der Waals surface area (Å²) in [7, 11) is 0. The van der Waals surface area contributed by atoms with E-state index in [1.54, 1.807) is 0 Å². The lowest BCUT2D eigenvalue weighted by molar-refractivity contribution is -0.143. The van der Waals surface area contributed by atoms with Gasteiger partial charge in [0, 0.05) is 18.2 Å². The number of rotatable bonds is 9. The Hall–Kier alpha value is -2.66. The molecule has 0 unspecified atom stereocenters. The van der Waals surface area contributed by atoms with Gasteiger partial charge in [0.15, 0.2) is 0 Å². The summed E-state index contributed by atoms with van der Waals surface area (Å²) in [6.45, 7) is 9.03. The Morgan fingerprint density at radius 1 is 1.00 bits per heavy atom. The zero-order chi connectivity index (χ0) is 21.5. The molecule has 0 radical (unpaired) electrons. The average Bonchev–Trinajstić information content (AvgIpc) is 3.23. The molecule has 0 fully saturated rings. The molecular formula is C25H29NO3S. The summed E-state index contributed by atoms with van der Waals surface area (Å²) in [5.74, 6) is 0.713. The molecule has 0 aliphatic carbocycles. The molecule has 0 saturated carbocycles. The highest BCUT2D eigenvalue weighted by Crippen LogP contribution is 2.31. The Kier molecular flexibility index (Phi) is 7.63. The maximum absolute atomic E-state index is 11.6. The molecule has 5 heteroatoms. The van der Waals surface area contributed by atoms with Gasteiger partial charge in [-0.25, -0.2) is 4.37 Å². The van der Waals surface area contributed by atoms with Crippen molar-refractivity contribution in [3.05, 3.63) is 70.4 Å². The summed E-state index contributed by atoms with van der Waals surface area (Å²) in [5, 5.41) is 0. The van der Waals surface area contributed by atoms with Gasteiger partial charge in [0.05, 0.1) is 11.5 Å². The Morgan fingerprint density at radius 3 is 2.47 bits per heavy atom. The van der Waals surface area contributed by atoms with Gasteiger partial charge >= 0.3 is 5.97 Å². The number of esters is 1.